The highest BCUT2D eigenvalue weighted by Gasteiger charge is 2.43. The molecule has 5 aromatic carbocycles. The van der Waals surface area contributed by atoms with E-state index in [0.29, 0.717) is 0 Å². The van der Waals surface area contributed by atoms with Crippen molar-refractivity contribution in [2.75, 3.05) is 9.80 Å². The van der Waals surface area contributed by atoms with Gasteiger partial charge in [0, 0.05) is 57.6 Å². The largest absolute Gasteiger partial charge is 0.311 e. The van der Waals surface area contributed by atoms with E-state index in [4.69, 9.17) is 9.97 Å². The molecule has 2 aliphatic rings. The van der Waals surface area contributed by atoms with Crippen molar-refractivity contribution in [1.29, 1.82) is 0 Å². The lowest BCUT2D eigenvalue weighted by Crippen LogP contribution is -2.61. The quantitative estimate of drug-likeness (QED) is 0.182. The van der Waals surface area contributed by atoms with Crippen molar-refractivity contribution < 1.29 is 0 Å². The van der Waals surface area contributed by atoms with Gasteiger partial charge in [0.05, 0.1) is 11.4 Å². The third-order valence-corrected chi connectivity index (χ3v) is 10.00. The van der Waals surface area contributed by atoms with Gasteiger partial charge in [0.15, 0.2) is 0 Å². The molecule has 0 N–H and O–H groups in total. The van der Waals surface area contributed by atoms with Crippen LogP contribution in [-0.2, 0) is 0 Å². The Morgan fingerprint density at radius 2 is 0.898 bits per heavy atom. The molecule has 0 fully saturated rings. The number of hydrogen-bond acceptors (Lipinski definition) is 4. The van der Waals surface area contributed by atoms with Crippen molar-refractivity contribution in [3.8, 4) is 22.5 Å². The van der Waals surface area contributed by atoms with Crippen molar-refractivity contribution in [2.24, 2.45) is 0 Å². The predicted octanol–water partition coefficient (Wildman–Crippen LogP) is 9.13. The zero-order chi connectivity index (χ0) is 33.2. The highest BCUT2D eigenvalue weighted by atomic mass is 15.2. The molecular formula is C44H35BN4. The first-order valence-electron chi connectivity index (χ1n) is 16.9. The van der Waals surface area contributed by atoms with Gasteiger partial charge in [-0.15, -0.1) is 0 Å². The van der Waals surface area contributed by atoms with Gasteiger partial charge in [0.25, 0.3) is 6.71 Å². The second-order valence-corrected chi connectivity index (χ2v) is 13.4. The summed E-state index contributed by atoms with van der Waals surface area (Å²) in [5.74, 6) is 0. The number of benzene rings is 5. The summed E-state index contributed by atoms with van der Waals surface area (Å²) >= 11 is 0. The molecule has 0 atom stereocenters. The molecule has 0 amide bonds. The maximum absolute atomic E-state index is 4.94. The van der Waals surface area contributed by atoms with Gasteiger partial charge in [-0.05, 0) is 115 Å². The molecule has 0 radical (unpaired) electrons. The van der Waals surface area contributed by atoms with Crippen molar-refractivity contribution in [3.05, 3.63) is 162 Å². The Balaban J connectivity index is 1.37. The molecule has 0 aliphatic carbocycles. The number of anilines is 6. The number of fused-ring (bicyclic) bond motifs is 4. The Kier molecular flexibility index (Phi) is 6.77. The van der Waals surface area contributed by atoms with Gasteiger partial charge in [0.2, 0.25) is 0 Å². The minimum Gasteiger partial charge on any atom is -0.311 e. The van der Waals surface area contributed by atoms with E-state index < -0.39 is 0 Å². The summed E-state index contributed by atoms with van der Waals surface area (Å²) < 4.78 is 0. The van der Waals surface area contributed by atoms with E-state index in [0.717, 1.165) is 33.9 Å². The fraction of sp³-hybridized carbons (Fsp3) is 0.0909. The fourth-order valence-electron chi connectivity index (χ4n) is 7.98. The third-order valence-electron chi connectivity index (χ3n) is 10.00. The van der Waals surface area contributed by atoms with E-state index in [-0.39, 0.29) is 6.71 Å². The van der Waals surface area contributed by atoms with Gasteiger partial charge in [0.1, 0.15) is 0 Å². The molecule has 4 nitrogen and oxygen atoms in total. The number of nitrogens with zero attached hydrogens (tertiary/aromatic N) is 4. The molecule has 4 heterocycles. The lowest BCUT2D eigenvalue weighted by atomic mass is 9.33. The van der Waals surface area contributed by atoms with Crippen LogP contribution in [0, 0.1) is 27.7 Å². The summed E-state index contributed by atoms with van der Waals surface area (Å²) in [7, 11) is 0. The average Bonchev–Trinajstić information content (AvgIpc) is 3.12. The highest BCUT2D eigenvalue weighted by Crippen LogP contribution is 2.44. The molecule has 234 valence electrons. The van der Waals surface area contributed by atoms with Gasteiger partial charge in [-0.25, -0.2) is 0 Å². The molecule has 0 bridgehead atoms. The molecule has 0 saturated heterocycles. The fourth-order valence-corrected chi connectivity index (χ4v) is 7.98. The average molecular weight is 631 g/mol. The first kappa shape index (κ1) is 29.2. The van der Waals surface area contributed by atoms with E-state index in [1.54, 1.807) is 0 Å². The zero-order valence-corrected chi connectivity index (χ0v) is 28.1. The summed E-state index contributed by atoms with van der Waals surface area (Å²) in [5.41, 5.74) is 19.9. The minimum absolute atomic E-state index is 0.00691. The SMILES string of the molecule is Cc1cnc(-c2ccc3c(c2)B2c4cc(-c5ncc(C)cc5C)ccc4N(c4ccccc4)c4cccc(c42)N3c2ccccc2)c(C)c1. The molecule has 0 unspecified atom stereocenters. The Morgan fingerprint density at radius 1 is 0.449 bits per heavy atom. The zero-order valence-electron chi connectivity index (χ0n) is 28.1. The summed E-state index contributed by atoms with van der Waals surface area (Å²) in [6.45, 7) is 8.52. The monoisotopic (exact) mass is 630 g/mol. The molecule has 0 spiro atoms. The number of para-hydroxylation sites is 2. The van der Waals surface area contributed by atoms with Crippen molar-refractivity contribution in [1.82, 2.24) is 9.97 Å². The number of hydrogen-bond donors (Lipinski definition) is 0. The van der Waals surface area contributed by atoms with Crippen LogP contribution in [0.15, 0.2) is 140 Å². The number of aryl methyl sites for hydroxylation is 4. The third kappa shape index (κ3) is 4.68. The molecule has 49 heavy (non-hydrogen) atoms. The van der Waals surface area contributed by atoms with Crippen LogP contribution in [0.1, 0.15) is 22.3 Å². The van der Waals surface area contributed by atoms with Gasteiger partial charge in [-0.2, -0.15) is 0 Å². The second-order valence-electron chi connectivity index (χ2n) is 13.4. The summed E-state index contributed by atoms with van der Waals surface area (Å²) in [6, 6.07) is 46.6. The van der Waals surface area contributed by atoms with Crippen LogP contribution < -0.4 is 26.2 Å². The van der Waals surface area contributed by atoms with Gasteiger partial charge >= 0.3 is 0 Å². The Labute approximate surface area is 288 Å². The van der Waals surface area contributed by atoms with Crippen LogP contribution in [0.25, 0.3) is 22.5 Å². The predicted molar refractivity (Wildman–Crippen MR) is 206 cm³/mol. The van der Waals surface area contributed by atoms with Crippen molar-refractivity contribution >= 4 is 57.2 Å². The van der Waals surface area contributed by atoms with E-state index in [1.165, 1.54) is 61.4 Å². The minimum atomic E-state index is -0.00691. The van der Waals surface area contributed by atoms with E-state index >= 15 is 0 Å². The lowest BCUT2D eigenvalue weighted by molar-refractivity contribution is 1.22. The maximum Gasteiger partial charge on any atom is 0.252 e. The van der Waals surface area contributed by atoms with E-state index in [9.17, 15) is 0 Å². The van der Waals surface area contributed by atoms with Gasteiger partial charge < -0.3 is 9.80 Å². The van der Waals surface area contributed by atoms with Crippen LogP contribution in [0.2, 0.25) is 0 Å². The second kappa shape index (κ2) is 11.3. The molecule has 5 heteroatoms. The number of aromatic nitrogens is 2. The topological polar surface area (TPSA) is 32.3 Å². The van der Waals surface area contributed by atoms with Crippen LogP contribution >= 0.6 is 0 Å². The van der Waals surface area contributed by atoms with Gasteiger partial charge in [-0.3, -0.25) is 9.97 Å². The van der Waals surface area contributed by atoms with Crippen molar-refractivity contribution in [2.45, 2.75) is 27.7 Å². The van der Waals surface area contributed by atoms with Crippen LogP contribution in [0.4, 0.5) is 34.1 Å². The molecule has 2 aliphatic heterocycles. The Morgan fingerprint density at radius 3 is 1.33 bits per heavy atom. The van der Waals surface area contributed by atoms with Crippen molar-refractivity contribution in [3.63, 3.8) is 0 Å². The first-order chi connectivity index (χ1) is 24.0. The summed E-state index contributed by atoms with van der Waals surface area (Å²) in [4.78, 5) is 14.8. The number of pyridine rings is 2. The molecule has 2 aromatic heterocycles. The molecule has 7 aromatic rings. The van der Waals surface area contributed by atoms with Crippen LogP contribution in [0.5, 0.6) is 0 Å². The molecule has 0 saturated carbocycles. The van der Waals surface area contributed by atoms with Crippen LogP contribution in [0.3, 0.4) is 0 Å². The Hall–Kier alpha value is -5.94. The van der Waals surface area contributed by atoms with Crippen LogP contribution in [-0.4, -0.2) is 16.7 Å². The molecular weight excluding hydrogens is 595 g/mol. The summed E-state index contributed by atoms with van der Waals surface area (Å²) in [5, 5.41) is 0. The lowest BCUT2D eigenvalue weighted by Gasteiger charge is -2.44. The molecule has 9 rings (SSSR count). The number of rotatable bonds is 4. The smallest absolute Gasteiger partial charge is 0.252 e. The normalized spacial score (nSPS) is 12.8. The summed E-state index contributed by atoms with van der Waals surface area (Å²) in [6.07, 6.45) is 3.95. The van der Waals surface area contributed by atoms with E-state index in [1.807, 2.05) is 12.4 Å². The highest BCUT2D eigenvalue weighted by molar-refractivity contribution is 7.00. The Bertz CT molecular complexity index is 2240. The first-order valence-corrected chi connectivity index (χ1v) is 16.9. The van der Waals surface area contributed by atoms with E-state index in [2.05, 4.69) is 165 Å². The maximum atomic E-state index is 4.94. The standard InChI is InChI=1S/C44H35BN4/c1-28-22-30(3)43(46-26-28)32-18-20-38-36(24-32)45-37-25-33(44-31(4)23-29(2)27-47-44)19-21-39(37)49(35-14-9-6-10-15-35)41-17-11-16-40(42(41)45)48(38)34-12-7-5-8-13-34/h5-27H,1-4H3. The van der Waals surface area contributed by atoms with Gasteiger partial charge in [-0.1, -0.05) is 78.9 Å².